The van der Waals surface area contributed by atoms with Crippen molar-refractivity contribution in [2.24, 2.45) is 11.8 Å². The zero-order valence-corrected chi connectivity index (χ0v) is 10.9. The number of piperidine rings is 1. The summed E-state index contributed by atoms with van der Waals surface area (Å²) in [4.78, 5) is 24.4. The van der Waals surface area contributed by atoms with Crippen LogP contribution in [0.25, 0.3) is 0 Å². The number of hydrogen-bond donors (Lipinski definition) is 2. The molecule has 0 spiro atoms. The lowest BCUT2D eigenvalue weighted by molar-refractivity contribution is -0.143. The lowest BCUT2D eigenvalue weighted by Gasteiger charge is -2.34. The van der Waals surface area contributed by atoms with Gasteiger partial charge < -0.3 is 15.3 Å². The summed E-state index contributed by atoms with van der Waals surface area (Å²) < 4.78 is 0. The third-order valence-corrected chi connectivity index (χ3v) is 3.00. The van der Waals surface area contributed by atoms with Gasteiger partial charge in [0.25, 0.3) is 0 Å². The summed E-state index contributed by atoms with van der Waals surface area (Å²) in [5, 5.41) is 11.8. The highest BCUT2D eigenvalue weighted by Gasteiger charge is 2.31. The first-order valence-corrected chi connectivity index (χ1v) is 6.19. The Morgan fingerprint density at radius 1 is 1.44 bits per heavy atom. The van der Waals surface area contributed by atoms with E-state index in [9.17, 15) is 9.59 Å². The molecular weight excluding hydrogens is 232 g/mol. The summed E-state index contributed by atoms with van der Waals surface area (Å²) >= 11 is 0. The lowest BCUT2D eigenvalue weighted by Crippen LogP contribution is -2.49. The smallest absolute Gasteiger partial charge is 0.317 e. The van der Waals surface area contributed by atoms with Crippen molar-refractivity contribution in [3.63, 3.8) is 0 Å². The van der Waals surface area contributed by atoms with Gasteiger partial charge in [0.15, 0.2) is 0 Å². The highest BCUT2D eigenvalue weighted by molar-refractivity contribution is 5.76. The molecule has 2 amide bonds. The first-order chi connectivity index (χ1) is 8.54. The summed E-state index contributed by atoms with van der Waals surface area (Å²) in [5.41, 5.74) is 0. The number of carbonyl (C=O) groups is 2. The van der Waals surface area contributed by atoms with E-state index in [0.29, 0.717) is 32.5 Å². The van der Waals surface area contributed by atoms with Crippen molar-refractivity contribution in [2.45, 2.75) is 26.7 Å². The minimum atomic E-state index is -0.823. The van der Waals surface area contributed by atoms with Crippen molar-refractivity contribution >= 4 is 12.0 Å². The maximum atomic E-state index is 11.8. The lowest BCUT2D eigenvalue weighted by atomic mass is 9.91. The van der Waals surface area contributed by atoms with E-state index in [1.807, 2.05) is 6.92 Å². The van der Waals surface area contributed by atoms with Crippen LogP contribution in [0.3, 0.4) is 0 Å². The topological polar surface area (TPSA) is 69.6 Å². The summed E-state index contributed by atoms with van der Waals surface area (Å²) in [6.45, 7) is 5.14. The SMILES string of the molecule is CC#CCCNC(=O)N1CC(C)CC(C(=O)O)C1. The Bertz CT molecular complexity index is 370. The number of nitrogens with one attached hydrogen (secondary N) is 1. The molecule has 0 aromatic rings. The van der Waals surface area contributed by atoms with Gasteiger partial charge in [0.1, 0.15) is 0 Å². The second kappa shape index (κ2) is 6.90. The Hall–Kier alpha value is -1.70. The van der Waals surface area contributed by atoms with E-state index >= 15 is 0 Å². The minimum Gasteiger partial charge on any atom is -0.481 e. The number of likely N-dealkylation sites (tertiary alicyclic amines) is 1. The largest absolute Gasteiger partial charge is 0.481 e. The van der Waals surface area contributed by atoms with Crippen LogP contribution in [0.2, 0.25) is 0 Å². The molecule has 0 saturated carbocycles. The second-order valence-electron chi connectivity index (χ2n) is 4.69. The fraction of sp³-hybridized carbons (Fsp3) is 0.692. The number of carboxylic acids is 1. The Kier molecular flexibility index (Phi) is 5.50. The molecule has 1 aliphatic rings. The standard InChI is InChI=1S/C13H20N2O3/c1-3-4-5-6-14-13(18)15-8-10(2)7-11(9-15)12(16)17/h10-11H,5-9H2,1-2H3,(H,14,18)(H,16,17). The third-order valence-electron chi connectivity index (χ3n) is 3.00. The molecule has 1 heterocycles. The average Bonchev–Trinajstić information content (AvgIpc) is 2.33. The Morgan fingerprint density at radius 3 is 2.78 bits per heavy atom. The number of rotatable bonds is 3. The minimum absolute atomic E-state index is 0.189. The number of hydrogen-bond acceptors (Lipinski definition) is 2. The van der Waals surface area contributed by atoms with Crippen molar-refractivity contribution in [1.82, 2.24) is 10.2 Å². The third kappa shape index (κ3) is 4.28. The molecule has 2 N–H and O–H groups in total. The van der Waals surface area contributed by atoms with E-state index < -0.39 is 11.9 Å². The highest BCUT2D eigenvalue weighted by atomic mass is 16.4. The summed E-state index contributed by atoms with van der Waals surface area (Å²) in [5.74, 6) is 4.57. The quantitative estimate of drug-likeness (QED) is 0.585. The van der Waals surface area contributed by atoms with Gasteiger partial charge in [0, 0.05) is 26.1 Å². The molecule has 0 aliphatic carbocycles. The van der Waals surface area contributed by atoms with E-state index in [2.05, 4.69) is 17.2 Å². The number of nitrogens with zero attached hydrogens (tertiary/aromatic N) is 1. The Labute approximate surface area is 108 Å². The summed E-state index contributed by atoms with van der Waals surface area (Å²) in [6.07, 6.45) is 1.26. The molecule has 0 aromatic heterocycles. The maximum absolute atomic E-state index is 11.8. The van der Waals surface area contributed by atoms with Crippen LogP contribution in [0.5, 0.6) is 0 Å². The van der Waals surface area contributed by atoms with Crippen LogP contribution in [0.1, 0.15) is 26.7 Å². The van der Waals surface area contributed by atoms with Crippen molar-refractivity contribution in [1.29, 1.82) is 0 Å². The van der Waals surface area contributed by atoms with Gasteiger partial charge in [-0.25, -0.2) is 4.79 Å². The van der Waals surface area contributed by atoms with Crippen LogP contribution in [0, 0.1) is 23.7 Å². The fourth-order valence-corrected chi connectivity index (χ4v) is 2.17. The maximum Gasteiger partial charge on any atom is 0.317 e. The normalized spacial score (nSPS) is 22.9. The van der Waals surface area contributed by atoms with E-state index in [-0.39, 0.29) is 11.9 Å². The number of amides is 2. The molecule has 0 radical (unpaired) electrons. The monoisotopic (exact) mass is 252 g/mol. The van der Waals surface area contributed by atoms with Gasteiger partial charge in [0.05, 0.1) is 5.92 Å². The first-order valence-electron chi connectivity index (χ1n) is 6.19. The zero-order valence-electron chi connectivity index (χ0n) is 10.9. The van der Waals surface area contributed by atoms with Crippen LogP contribution in [0.4, 0.5) is 4.79 Å². The number of carbonyl (C=O) groups excluding carboxylic acids is 1. The van der Waals surface area contributed by atoms with Crippen LogP contribution in [-0.4, -0.2) is 41.6 Å². The van der Waals surface area contributed by atoms with Gasteiger partial charge in [-0.15, -0.1) is 11.8 Å². The fourth-order valence-electron chi connectivity index (χ4n) is 2.17. The summed E-state index contributed by atoms with van der Waals surface area (Å²) in [6, 6.07) is -0.189. The Balaban J connectivity index is 2.45. The average molecular weight is 252 g/mol. The molecule has 2 atom stereocenters. The van der Waals surface area contributed by atoms with Crippen LogP contribution in [0.15, 0.2) is 0 Å². The first kappa shape index (κ1) is 14.4. The zero-order chi connectivity index (χ0) is 13.5. The number of aliphatic carboxylic acids is 1. The molecule has 18 heavy (non-hydrogen) atoms. The van der Waals surface area contributed by atoms with Crippen LogP contribution in [-0.2, 0) is 4.79 Å². The number of urea groups is 1. The predicted molar refractivity (Wildman–Crippen MR) is 67.9 cm³/mol. The van der Waals surface area contributed by atoms with E-state index in [4.69, 9.17) is 5.11 Å². The highest BCUT2D eigenvalue weighted by Crippen LogP contribution is 2.21. The molecule has 5 heteroatoms. The van der Waals surface area contributed by atoms with Crippen LogP contribution >= 0.6 is 0 Å². The number of carboxylic acid groups (broad SMARTS) is 1. The summed E-state index contributed by atoms with van der Waals surface area (Å²) in [7, 11) is 0. The van der Waals surface area contributed by atoms with Gasteiger partial charge in [-0.2, -0.15) is 0 Å². The van der Waals surface area contributed by atoms with E-state index in [0.717, 1.165) is 0 Å². The predicted octanol–water partition coefficient (Wildman–Crippen LogP) is 1.15. The molecule has 0 bridgehead atoms. The van der Waals surface area contributed by atoms with Crippen molar-refractivity contribution < 1.29 is 14.7 Å². The molecule has 5 nitrogen and oxygen atoms in total. The molecule has 0 aromatic carbocycles. The Morgan fingerprint density at radius 2 is 2.17 bits per heavy atom. The van der Waals surface area contributed by atoms with Crippen molar-refractivity contribution in [3.8, 4) is 11.8 Å². The molecule has 2 unspecified atom stereocenters. The van der Waals surface area contributed by atoms with Crippen molar-refractivity contribution in [3.05, 3.63) is 0 Å². The van der Waals surface area contributed by atoms with E-state index in [1.165, 1.54) is 0 Å². The van der Waals surface area contributed by atoms with Gasteiger partial charge >= 0.3 is 12.0 Å². The molecule has 100 valence electrons. The molecule has 1 fully saturated rings. The van der Waals surface area contributed by atoms with Crippen molar-refractivity contribution in [2.75, 3.05) is 19.6 Å². The van der Waals surface area contributed by atoms with Gasteiger partial charge in [-0.3, -0.25) is 4.79 Å². The van der Waals surface area contributed by atoms with Crippen LogP contribution < -0.4 is 5.32 Å². The molecule has 1 saturated heterocycles. The van der Waals surface area contributed by atoms with Gasteiger partial charge in [0.2, 0.25) is 0 Å². The second-order valence-corrected chi connectivity index (χ2v) is 4.69. The van der Waals surface area contributed by atoms with Gasteiger partial charge in [-0.1, -0.05) is 6.92 Å². The molecular formula is C13H20N2O3. The molecule has 1 rings (SSSR count). The van der Waals surface area contributed by atoms with Gasteiger partial charge in [-0.05, 0) is 19.3 Å². The van der Waals surface area contributed by atoms with E-state index in [1.54, 1.807) is 11.8 Å². The molecule has 1 aliphatic heterocycles.